The molecule has 2 amide bonds. The number of hydrogen-bond acceptors (Lipinski definition) is 7. The summed E-state index contributed by atoms with van der Waals surface area (Å²) in [5.74, 6) is -0.467. The standard InChI is InChI=1S/C23H15N3O7/c27-22(14-5-1-3-7-16(14)26(29)30)25-20-15-6-2-4-8-17(15)33-21(20)23(28)24-13-9-10-18-19(11-13)32-12-31-18/h1-11H,12H2,(H,24,28)(H,25,27). The summed E-state index contributed by atoms with van der Waals surface area (Å²) in [6.07, 6.45) is 0. The third kappa shape index (κ3) is 3.69. The van der Waals surface area contributed by atoms with Gasteiger partial charge in [-0.05, 0) is 30.3 Å². The van der Waals surface area contributed by atoms with Gasteiger partial charge in [-0.25, -0.2) is 0 Å². The van der Waals surface area contributed by atoms with Crippen LogP contribution in [0.5, 0.6) is 11.5 Å². The van der Waals surface area contributed by atoms with E-state index in [1.54, 1.807) is 42.5 Å². The topological polar surface area (TPSA) is 133 Å². The first-order valence-corrected chi connectivity index (χ1v) is 9.78. The molecule has 0 aliphatic carbocycles. The second-order valence-corrected chi connectivity index (χ2v) is 7.05. The number of fused-ring (bicyclic) bond motifs is 2. The van der Waals surface area contributed by atoms with Crippen molar-refractivity contribution in [1.82, 2.24) is 0 Å². The van der Waals surface area contributed by atoms with E-state index in [0.29, 0.717) is 28.2 Å². The minimum atomic E-state index is -0.744. The Morgan fingerprint density at radius 2 is 1.64 bits per heavy atom. The van der Waals surface area contributed by atoms with Crippen LogP contribution in [-0.2, 0) is 0 Å². The van der Waals surface area contributed by atoms with E-state index in [-0.39, 0.29) is 29.5 Å². The van der Waals surface area contributed by atoms with Crippen LogP contribution in [0, 0.1) is 10.1 Å². The molecule has 0 fully saturated rings. The Labute approximate surface area is 185 Å². The van der Waals surface area contributed by atoms with Crippen LogP contribution in [0.15, 0.2) is 71.1 Å². The lowest BCUT2D eigenvalue weighted by Crippen LogP contribution is -2.18. The third-order valence-electron chi connectivity index (χ3n) is 5.02. The van der Waals surface area contributed by atoms with E-state index in [1.807, 2.05) is 0 Å². The molecule has 4 aromatic rings. The summed E-state index contributed by atoms with van der Waals surface area (Å²) >= 11 is 0. The molecular weight excluding hydrogens is 430 g/mol. The molecule has 0 spiro atoms. The highest BCUT2D eigenvalue weighted by Crippen LogP contribution is 2.36. The summed E-state index contributed by atoms with van der Waals surface area (Å²) in [7, 11) is 0. The number of benzene rings is 3. The van der Waals surface area contributed by atoms with Crippen LogP contribution < -0.4 is 20.1 Å². The van der Waals surface area contributed by atoms with E-state index in [9.17, 15) is 19.7 Å². The second-order valence-electron chi connectivity index (χ2n) is 7.05. The van der Waals surface area contributed by atoms with Crippen LogP contribution in [0.1, 0.15) is 20.9 Å². The fourth-order valence-corrected chi connectivity index (χ4v) is 3.50. The smallest absolute Gasteiger partial charge is 0.293 e. The number of para-hydroxylation sites is 2. The molecule has 5 rings (SSSR count). The monoisotopic (exact) mass is 445 g/mol. The molecule has 2 N–H and O–H groups in total. The van der Waals surface area contributed by atoms with E-state index in [2.05, 4.69) is 10.6 Å². The highest BCUT2D eigenvalue weighted by molar-refractivity contribution is 6.17. The van der Waals surface area contributed by atoms with E-state index in [4.69, 9.17) is 13.9 Å². The van der Waals surface area contributed by atoms with Gasteiger partial charge in [0.25, 0.3) is 17.5 Å². The van der Waals surface area contributed by atoms with Crippen molar-refractivity contribution in [1.29, 1.82) is 0 Å². The predicted octanol–water partition coefficient (Wildman–Crippen LogP) is 4.57. The Hall–Kier alpha value is -4.86. The fourth-order valence-electron chi connectivity index (χ4n) is 3.50. The van der Waals surface area contributed by atoms with E-state index in [1.165, 1.54) is 24.3 Å². The molecule has 1 aliphatic heterocycles. The molecule has 10 heteroatoms. The Morgan fingerprint density at radius 1 is 0.879 bits per heavy atom. The van der Waals surface area contributed by atoms with Gasteiger partial charge in [-0.15, -0.1) is 0 Å². The zero-order valence-electron chi connectivity index (χ0n) is 16.9. The first-order valence-electron chi connectivity index (χ1n) is 9.78. The first kappa shape index (κ1) is 20.1. The minimum Gasteiger partial charge on any atom is -0.454 e. The predicted molar refractivity (Wildman–Crippen MR) is 118 cm³/mol. The lowest BCUT2D eigenvalue weighted by atomic mass is 10.1. The molecule has 2 heterocycles. The number of ether oxygens (including phenoxy) is 2. The number of amides is 2. The van der Waals surface area contributed by atoms with Crippen molar-refractivity contribution in [3.05, 3.63) is 88.2 Å². The van der Waals surface area contributed by atoms with Gasteiger partial charge in [0.15, 0.2) is 11.5 Å². The number of nitrogens with one attached hydrogen (secondary N) is 2. The Kier molecular flexibility index (Phi) is 4.87. The number of nitro benzene ring substituents is 1. The zero-order valence-corrected chi connectivity index (χ0v) is 16.9. The zero-order chi connectivity index (χ0) is 22.9. The molecule has 0 atom stereocenters. The average molecular weight is 445 g/mol. The number of furan rings is 1. The number of carbonyl (C=O) groups is 2. The molecule has 10 nitrogen and oxygen atoms in total. The van der Waals surface area contributed by atoms with Gasteiger partial charge < -0.3 is 24.5 Å². The maximum absolute atomic E-state index is 13.1. The maximum atomic E-state index is 13.1. The molecule has 33 heavy (non-hydrogen) atoms. The summed E-state index contributed by atoms with van der Waals surface area (Å²) in [6, 6.07) is 17.2. The van der Waals surface area contributed by atoms with Crippen molar-refractivity contribution >= 4 is 39.8 Å². The molecule has 1 aromatic heterocycles. The number of hydrogen-bond donors (Lipinski definition) is 2. The molecule has 0 unspecified atom stereocenters. The molecule has 3 aromatic carbocycles. The van der Waals surface area contributed by atoms with E-state index >= 15 is 0 Å². The van der Waals surface area contributed by atoms with Gasteiger partial charge in [0.05, 0.1) is 4.92 Å². The van der Waals surface area contributed by atoms with Gasteiger partial charge in [0, 0.05) is 23.2 Å². The fraction of sp³-hybridized carbons (Fsp3) is 0.0435. The van der Waals surface area contributed by atoms with Crippen molar-refractivity contribution in [3.63, 3.8) is 0 Å². The lowest BCUT2D eigenvalue weighted by Gasteiger charge is -2.08. The number of anilines is 2. The van der Waals surface area contributed by atoms with Crippen LogP contribution in [-0.4, -0.2) is 23.5 Å². The van der Waals surface area contributed by atoms with Gasteiger partial charge in [-0.3, -0.25) is 19.7 Å². The summed E-state index contributed by atoms with van der Waals surface area (Å²) in [4.78, 5) is 36.7. The molecular formula is C23H15N3O7. The van der Waals surface area contributed by atoms with Crippen LogP contribution in [0.25, 0.3) is 11.0 Å². The number of carbonyl (C=O) groups excluding carboxylic acids is 2. The third-order valence-corrected chi connectivity index (χ3v) is 5.02. The molecule has 0 saturated heterocycles. The number of nitro groups is 1. The normalized spacial score (nSPS) is 11.9. The quantitative estimate of drug-likeness (QED) is 0.339. The van der Waals surface area contributed by atoms with Gasteiger partial charge >= 0.3 is 0 Å². The number of rotatable bonds is 5. The van der Waals surface area contributed by atoms with E-state index in [0.717, 1.165) is 0 Å². The Balaban J connectivity index is 1.50. The van der Waals surface area contributed by atoms with Crippen LogP contribution in [0.4, 0.5) is 17.1 Å². The second kappa shape index (κ2) is 8.00. The molecule has 1 aliphatic rings. The molecule has 0 radical (unpaired) electrons. The van der Waals surface area contributed by atoms with Gasteiger partial charge in [-0.1, -0.05) is 24.3 Å². The molecule has 0 bridgehead atoms. The molecule has 164 valence electrons. The Morgan fingerprint density at radius 3 is 2.48 bits per heavy atom. The minimum absolute atomic E-state index is 0.0953. The summed E-state index contributed by atoms with van der Waals surface area (Å²) in [5.41, 5.74) is 0.406. The molecule has 0 saturated carbocycles. The Bertz CT molecular complexity index is 1430. The van der Waals surface area contributed by atoms with Crippen molar-refractivity contribution < 1.29 is 28.4 Å². The maximum Gasteiger partial charge on any atom is 0.293 e. The number of nitrogens with zero attached hydrogens (tertiary/aromatic N) is 1. The van der Waals surface area contributed by atoms with Gasteiger partial charge in [0.1, 0.15) is 16.8 Å². The van der Waals surface area contributed by atoms with Crippen LogP contribution in [0.2, 0.25) is 0 Å². The lowest BCUT2D eigenvalue weighted by molar-refractivity contribution is -0.385. The van der Waals surface area contributed by atoms with Gasteiger partial charge in [-0.2, -0.15) is 0 Å². The summed E-state index contributed by atoms with van der Waals surface area (Å²) in [5, 5.41) is 17.1. The van der Waals surface area contributed by atoms with Crippen molar-refractivity contribution in [3.8, 4) is 11.5 Å². The van der Waals surface area contributed by atoms with Crippen LogP contribution >= 0.6 is 0 Å². The highest BCUT2D eigenvalue weighted by atomic mass is 16.7. The summed E-state index contributed by atoms with van der Waals surface area (Å²) < 4.78 is 16.3. The SMILES string of the molecule is O=C(Nc1c(C(=O)Nc2ccc3c(c2)OCO3)oc2ccccc12)c1ccccc1[N+](=O)[O-]. The summed E-state index contributed by atoms with van der Waals surface area (Å²) in [6.45, 7) is 0.0953. The largest absolute Gasteiger partial charge is 0.454 e. The van der Waals surface area contributed by atoms with Crippen molar-refractivity contribution in [2.45, 2.75) is 0 Å². The van der Waals surface area contributed by atoms with Gasteiger partial charge in [0.2, 0.25) is 12.6 Å². The first-order chi connectivity index (χ1) is 16.0. The average Bonchev–Trinajstić information content (AvgIpc) is 3.43. The highest BCUT2D eigenvalue weighted by Gasteiger charge is 2.26. The van der Waals surface area contributed by atoms with Crippen LogP contribution in [0.3, 0.4) is 0 Å². The van der Waals surface area contributed by atoms with Crippen molar-refractivity contribution in [2.75, 3.05) is 17.4 Å². The van der Waals surface area contributed by atoms with E-state index < -0.39 is 16.7 Å². The van der Waals surface area contributed by atoms with Crippen molar-refractivity contribution in [2.24, 2.45) is 0 Å².